The quantitative estimate of drug-likeness (QED) is 0.837. The van der Waals surface area contributed by atoms with Crippen LogP contribution in [0.4, 0.5) is 5.13 Å². The van der Waals surface area contributed by atoms with Crippen molar-refractivity contribution in [1.29, 1.82) is 5.26 Å². The van der Waals surface area contributed by atoms with Gasteiger partial charge in [0.1, 0.15) is 10.4 Å². The lowest BCUT2D eigenvalue weighted by Crippen LogP contribution is -2.47. The largest absolute Gasteiger partial charge is 0.371 e. The summed E-state index contributed by atoms with van der Waals surface area (Å²) in [6, 6.07) is 2.02. The Morgan fingerprint density at radius 3 is 2.89 bits per heavy atom. The Morgan fingerprint density at radius 1 is 1.50 bits per heavy atom. The van der Waals surface area contributed by atoms with E-state index in [0.29, 0.717) is 22.1 Å². The predicted octanol–water partition coefficient (Wildman–Crippen LogP) is 2.67. The number of morpholine rings is 1. The molecule has 2 aliphatic rings. The van der Waals surface area contributed by atoms with Gasteiger partial charge in [-0.3, -0.25) is 0 Å². The lowest BCUT2D eigenvalue weighted by atomic mass is 10.1. The minimum Gasteiger partial charge on any atom is -0.371 e. The summed E-state index contributed by atoms with van der Waals surface area (Å²) in [6.45, 7) is 3.77. The fourth-order valence-electron chi connectivity index (χ4n) is 2.37. The fraction of sp³-hybridized carbons (Fsp3) is 0.667. The molecule has 2 heterocycles. The van der Waals surface area contributed by atoms with Gasteiger partial charge in [0.2, 0.25) is 0 Å². The van der Waals surface area contributed by atoms with Gasteiger partial charge < -0.3 is 9.64 Å². The highest BCUT2D eigenvalue weighted by Gasteiger charge is 2.38. The standard InChI is InChI=1S/C12H14ClN3OS/c1-7-5-16(6-10(17-7)8-2-3-8)12-15-9(4-14)11(13)18-12/h7-8,10H,2-3,5-6H2,1H3/t7-,10-/m0/s1. The van der Waals surface area contributed by atoms with E-state index >= 15 is 0 Å². The topological polar surface area (TPSA) is 49.2 Å². The average Bonchev–Trinajstić information content (AvgIpc) is 3.12. The number of hydrogen-bond acceptors (Lipinski definition) is 5. The molecule has 3 rings (SSSR count). The summed E-state index contributed by atoms with van der Waals surface area (Å²) in [6.07, 6.45) is 3.06. The van der Waals surface area contributed by atoms with Crippen LogP contribution in [-0.2, 0) is 4.74 Å². The summed E-state index contributed by atoms with van der Waals surface area (Å²) in [5.74, 6) is 0.709. The molecule has 4 nitrogen and oxygen atoms in total. The van der Waals surface area contributed by atoms with Crippen molar-refractivity contribution in [1.82, 2.24) is 4.98 Å². The number of rotatable bonds is 2. The van der Waals surface area contributed by atoms with Crippen molar-refractivity contribution < 1.29 is 4.74 Å². The number of halogens is 1. The maximum absolute atomic E-state index is 8.90. The van der Waals surface area contributed by atoms with Crippen LogP contribution in [0, 0.1) is 17.2 Å². The van der Waals surface area contributed by atoms with Crippen LogP contribution >= 0.6 is 22.9 Å². The normalized spacial score (nSPS) is 28.2. The monoisotopic (exact) mass is 283 g/mol. The molecule has 6 heteroatoms. The van der Waals surface area contributed by atoms with Crippen LogP contribution in [0.5, 0.6) is 0 Å². The van der Waals surface area contributed by atoms with Gasteiger partial charge in [-0.15, -0.1) is 0 Å². The molecule has 0 amide bonds. The molecule has 0 aromatic carbocycles. The molecule has 1 saturated heterocycles. The Kier molecular flexibility index (Phi) is 3.18. The van der Waals surface area contributed by atoms with Crippen molar-refractivity contribution in [2.45, 2.75) is 32.0 Å². The molecule has 2 atom stereocenters. The molecule has 18 heavy (non-hydrogen) atoms. The zero-order valence-corrected chi connectivity index (χ0v) is 11.7. The third-order valence-electron chi connectivity index (χ3n) is 3.38. The van der Waals surface area contributed by atoms with E-state index in [0.717, 1.165) is 18.2 Å². The van der Waals surface area contributed by atoms with Crippen molar-refractivity contribution in [3.63, 3.8) is 0 Å². The van der Waals surface area contributed by atoms with Crippen molar-refractivity contribution >= 4 is 28.1 Å². The number of anilines is 1. The molecular formula is C12H14ClN3OS. The zero-order valence-electron chi connectivity index (χ0n) is 10.1. The molecule has 1 aromatic heterocycles. The van der Waals surface area contributed by atoms with Crippen molar-refractivity contribution in [2.24, 2.45) is 5.92 Å². The molecule has 1 aromatic rings. The van der Waals surface area contributed by atoms with E-state index in [1.165, 1.54) is 24.2 Å². The maximum atomic E-state index is 8.90. The van der Waals surface area contributed by atoms with E-state index in [2.05, 4.69) is 16.8 Å². The summed E-state index contributed by atoms with van der Waals surface area (Å²) in [5.41, 5.74) is 0.332. The number of thiazole rings is 1. The molecule has 0 N–H and O–H groups in total. The van der Waals surface area contributed by atoms with Crippen molar-refractivity contribution in [3.05, 3.63) is 10.0 Å². The molecule has 0 radical (unpaired) electrons. The highest BCUT2D eigenvalue weighted by atomic mass is 35.5. The second-order valence-corrected chi connectivity index (χ2v) is 6.54. The maximum Gasteiger partial charge on any atom is 0.188 e. The molecule has 2 fully saturated rings. The van der Waals surface area contributed by atoms with Crippen LogP contribution in [0.25, 0.3) is 0 Å². The van der Waals surface area contributed by atoms with Gasteiger partial charge in [0, 0.05) is 13.1 Å². The van der Waals surface area contributed by atoms with Gasteiger partial charge in [-0.2, -0.15) is 5.26 Å². The van der Waals surface area contributed by atoms with Crippen molar-refractivity contribution in [2.75, 3.05) is 18.0 Å². The zero-order chi connectivity index (χ0) is 12.7. The SMILES string of the molecule is C[C@H]1CN(c2nc(C#N)c(Cl)s2)C[C@@H](C2CC2)O1. The third-order valence-corrected chi connectivity index (χ3v) is 4.70. The minimum atomic E-state index is 0.206. The summed E-state index contributed by atoms with van der Waals surface area (Å²) in [4.78, 5) is 6.50. The van der Waals surface area contributed by atoms with Crippen LogP contribution in [-0.4, -0.2) is 30.3 Å². The van der Waals surface area contributed by atoms with E-state index < -0.39 is 0 Å². The molecule has 1 aliphatic carbocycles. The number of nitrogens with zero attached hydrogens (tertiary/aromatic N) is 3. The van der Waals surface area contributed by atoms with Crippen LogP contribution in [0.2, 0.25) is 4.34 Å². The lowest BCUT2D eigenvalue weighted by Gasteiger charge is -2.36. The van der Waals surface area contributed by atoms with E-state index in [1.807, 2.05) is 6.07 Å². The van der Waals surface area contributed by atoms with E-state index in [1.54, 1.807) is 0 Å². The predicted molar refractivity (Wildman–Crippen MR) is 71.1 cm³/mol. The smallest absolute Gasteiger partial charge is 0.188 e. The summed E-state index contributed by atoms with van der Waals surface area (Å²) >= 11 is 7.37. The van der Waals surface area contributed by atoms with E-state index in [-0.39, 0.29) is 6.10 Å². The minimum absolute atomic E-state index is 0.206. The van der Waals surface area contributed by atoms with Crippen LogP contribution in [0.1, 0.15) is 25.5 Å². The Bertz CT molecular complexity index is 494. The van der Waals surface area contributed by atoms with Gasteiger partial charge in [-0.1, -0.05) is 22.9 Å². The van der Waals surface area contributed by atoms with E-state index in [4.69, 9.17) is 21.6 Å². The first-order chi connectivity index (χ1) is 8.67. The molecular weight excluding hydrogens is 270 g/mol. The second-order valence-electron chi connectivity index (χ2n) is 4.96. The lowest BCUT2D eigenvalue weighted by molar-refractivity contribution is -0.0271. The van der Waals surface area contributed by atoms with Crippen molar-refractivity contribution in [3.8, 4) is 6.07 Å². The Balaban J connectivity index is 1.79. The number of nitriles is 1. The van der Waals surface area contributed by atoms with Gasteiger partial charge in [0.25, 0.3) is 0 Å². The van der Waals surface area contributed by atoms with Gasteiger partial charge >= 0.3 is 0 Å². The summed E-state index contributed by atoms with van der Waals surface area (Å²) in [7, 11) is 0. The molecule has 96 valence electrons. The first kappa shape index (κ1) is 12.2. The molecule has 0 bridgehead atoms. The number of ether oxygens (including phenoxy) is 1. The number of hydrogen-bond donors (Lipinski definition) is 0. The Labute approximate surface area is 115 Å². The first-order valence-corrected chi connectivity index (χ1v) is 7.33. The molecule has 0 unspecified atom stereocenters. The highest BCUT2D eigenvalue weighted by Crippen LogP contribution is 2.38. The highest BCUT2D eigenvalue weighted by molar-refractivity contribution is 7.19. The molecule has 1 saturated carbocycles. The third kappa shape index (κ3) is 2.33. The second kappa shape index (κ2) is 4.69. The van der Waals surface area contributed by atoms with Gasteiger partial charge in [-0.05, 0) is 25.7 Å². The summed E-state index contributed by atoms with van der Waals surface area (Å²) < 4.78 is 6.44. The van der Waals surface area contributed by atoms with Crippen LogP contribution in [0.3, 0.4) is 0 Å². The average molecular weight is 284 g/mol. The molecule has 0 spiro atoms. The van der Waals surface area contributed by atoms with Gasteiger partial charge in [0.15, 0.2) is 10.8 Å². The van der Waals surface area contributed by atoms with Crippen LogP contribution < -0.4 is 4.90 Å². The van der Waals surface area contributed by atoms with Gasteiger partial charge in [0.05, 0.1) is 12.2 Å². The van der Waals surface area contributed by atoms with E-state index in [9.17, 15) is 0 Å². The van der Waals surface area contributed by atoms with Crippen LogP contribution in [0.15, 0.2) is 0 Å². The van der Waals surface area contributed by atoms with Gasteiger partial charge in [-0.25, -0.2) is 4.98 Å². The Hall–Kier alpha value is -0.830. The number of aromatic nitrogens is 1. The molecule has 1 aliphatic heterocycles. The Morgan fingerprint density at radius 2 is 2.28 bits per heavy atom. The summed E-state index contributed by atoms with van der Waals surface area (Å²) in [5, 5.41) is 9.74. The first-order valence-electron chi connectivity index (χ1n) is 6.14. The fourth-order valence-corrected chi connectivity index (χ4v) is 3.42.